The topological polar surface area (TPSA) is 78.7 Å². The molecule has 0 unspecified atom stereocenters. The van der Waals surface area contributed by atoms with Crippen LogP contribution in [-0.2, 0) is 6.54 Å². The van der Waals surface area contributed by atoms with E-state index in [4.69, 9.17) is 27.6 Å². The van der Waals surface area contributed by atoms with Gasteiger partial charge >= 0.3 is 5.76 Å². The molecule has 0 radical (unpaired) electrons. The number of hydrogen-bond donors (Lipinski definition) is 0. The maximum atomic E-state index is 12.2. The zero-order valence-corrected chi connectivity index (χ0v) is 18.8. The average Bonchev–Trinajstić information content (AvgIpc) is 3.37. The van der Waals surface area contributed by atoms with Gasteiger partial charge in [-0.1, -0.05) is 47.1 Å². The van der Waals surface area contributed by atoms with E-state index in [-0.39, 0.29) is 5.76 Å². The zero-order valence-electron chi connectivity index (χ0n) is 16.5. The van der Waals surface area contributed by atoms with Gasteiger partial charge in [0, 0.05) is 30.3 Å². The number of halogens is 2. The molecule has 0 spiro atoms. The average molecular weight is 484 g/mol. The molecule has 3 aromatic heterocycles. The molecule has 0 aliphatic carbocycles. The third kappa shape index (κ3) is 3.92. The van der Waals surface area contributed by atoms with Crippen LogP contribution in [0.1, 0.15) is 0 Å². The first-order chi connectivity index (χ1) is 15.6. The van der Waals surface area contributed by atoms with Crippen LogP contribution in [-0.4, -0.2) is 30.1 Å². The predicted octanol–water partition coefficient (Wildman–Crippen LogP) is 5.34. The molecule has 5 rings (SSSR count). The van der Waals surface area contributed by atoms with Gasteiger partial charge in [0.2, 0.25) is 0 Å². The molecule has 0 aliphatic rings. The third-order valence-corrected chi connectivity index (χ3v) is 6.48. The minimum absolute atomic E-state index is 0.381. The van der Waals surface area contributed by atoms with Crippen molar-refractivity contribution < 1.29 is 4.42 Å². The molecular weight excluding hydrogens is 469 g/mol. The normalized spacial score (nSPS) is 11.3. The van der Waals surface area contributed by atoms with Crippen molar-refractivity contribution in [1.29, 1.82) is 0 Å². The van der Waals surface area contributed by atoms with Crippen LogP contribution in [0.2, 0.25) is 10.0 Å². The lowest BCUT2D eigenvalue weighted by molar-refractivity contribution is 0.514. The van der Waals surface area contributed by atoms with E-state index in [1.807, 2.05) is 41.0 Å². The molecule has 10 heteroatoms. The molecule has 0 bridgehead atoms. The molecule has 2 aromatic carbocycles. The van der Waals surface area contributed by atoms with Crippen molar-refractivity contribution in [2.75, 3.05) is 5.75 Å². The van der Waals surface area contributed by atoms with Crippen LogP contribution < -0.4 is 5.76 Å². The highest BCUT2D eigenvalue weighted by molar-refractivity contribution is 7.99. The fourth-order valence-corrected chi connectivity index (χ4v) is 4.52. The van der Waals surface area contributed by atoms with Gasteiger partial charge < -0.3 is 4.42 Å². The van der Waals surface area contributed by atoms with Crippen molar-refractivity contribution in [3.05, 3.63) is 87.6 Å². The highest BCUT2D eigenvalue weighted by Gasteiger charge is 2.18. The molecule has 160 valence electrons. The number of rotatable bonds is 6. The van der Waals surface area contributed by atoms with Gasteiger partial charge in [-0.2, -0.15) is 0 Å². The summed E-state index contributed by atoms with van der Waals surface area (Å²) in [7, 11) is 0. The number of para-hydroxylation sites is 2. The third-order valence-electron chi connectivity index (χ3n) is 4.83. The van der Waals surface area contributed by atoms with Gasteiger partial charge in [0.25, 0.3) is 0 Å². The van der Waals surface area contributed by atoms with E-state index in [9.17, 15) is 4.79 Å². The Hall–Kier alpha value is -3.07. The second-order valence-corrected chi connectivity index (χ2v) is 8.69. The first kappa shape index (κ1) is 20.8. The standard InChI is InChI=1S/C22H15Cl2N5O2S/c23-16-8-7-15(12-17(16)24)29-20(14-4-3-9-25-13-14)26-27-21(29)32-11-10-28-18-5-1-2-6-19(18)31-22(28)30/h1-9,12-13H,10-11H2. The van der Waals surface area contributed by atoms with E-state index in [1.54, 1.807) is 35.2 Å². The number of nitrogens with zero attached hydrogens (tertiary/aromatic N) is 5. The minimum atomic E-state index is -0.381. The van der Waals surface area contributed by atoms with Gasteiger partial charge in [-0.05, 0) is 42.5 Å². The number of aryl methyl sites for hydroxylation is 1. The number of benzene rings is 2. The maximum absolute atomic E-state index is 12.2. The Labute approximate surface area is 196 Å². The molecule has 0 aliphatic heterocycles. The lowest BCUT2D eigenvalue weighted by atomic mass is 10.2. The Morgan fingerprint density at radius 1 is 1.00 bits per heavy atom. The van der Waals surface area contributed by atoms with Crippen LogP contribution >= 0.6 is 35.0 Å². The molecular formula is C22H15Cl2N5O2S. The maximum Gasteiger partial charge on any atom is 0.419 e. The van der Waals surface area contributed by atoms with E-state index in [0.717, 1.165) is 16.8 Å². The summed E-state index contributed by atoms with van der Waals surface area (Å²) >= 11 is 13.9. The summed E-state index contributed by atoms with van der Waals surface area (Å²) in [5.41, 5.74) is 2.92. The number of aromatic nitrogens is 5. The van der Waals surface area contributed by atoms with E-state index < -0.39 is 0 Å². The second-order valence-electron chi connectivity index (χ2n) is 6.82. The van der Waals surface area contributed by atoms with Crippen LogP contribution in [0.3, 0.4) is 0 Å². The fourth-order valence-electron chi connectivity index (χ4n) is 3.36. The molecule has 0 saturated carbocycles. The molecule has 5 aromatic rings. The summed E-state index contributed by atoms with van der Waals surface area (Å²) in [6, 6.07) is 16.5. The Bertz CT molecular complexity index is 1460. The van der Waals surface area contributed by atoms with Crippen LogP contribution in [0.25, 0.3) is 28.2 Å². The summed E-state index contributed by atoms with van der Waals surface area (Å²) in [6.45, 7) is 0.455. The van der Waals surface area contributed by atoms with Gasteiger partial charge in [0.15, 0.2) is 16.6 Å². The second kappa shape index (κ2) is 8.82. The summed E-state index contributed by atoms with van der Waals surface area (Å²) in [5.74, 6) is 0.828. The first-order valence-electron chi connectivity index (χ1n) is 9.64. The van der Waals surface area contributed by atoms with Gasteiger partial charge in [-0.15, -0.1) is 10.2 Å². The van der Waals surface area contributed by atoms with E-state index in [0.29, 0.717) is 38.9 Å². The van der Waals surface area contributed by atoms with Crippen molar-refractivity contribution in [3.63, 3.8) is 0 Å². The molecule has 32 heavy (non-hydrogen) atoms. The quantitative estimate of drug-likeness (QED) is 0.303. The SMILES string of the molecule is O=c1oc2ccccc2n1CCSc1nnc(-c2cccnc2)n1-c1ccc(Cl)c(Cl)c1. The first-order valence-corrected chi connectivity index (χ1v) is 11.4. The molecule has 0 amide bonds. The Kier molecular flexibility index (Phi) is 5.73. The smallest absolute Gasteiger partial charge is 0.408 e. The van der Waals surface area contributed by atoms with Crippen molar-refractivity contribution in [3.8, 4) is 17.1 Å². The summed E-state index contributed by atoms with van der Waals surface area (Å²) in [4.78, 5) is 16.4. The highest BCUT2D eigenvalue weighted by atomic mass is 35.5. The van der Waals surface area contributed by atoms with E-state index >= 15 is 0 Å². The predicted molar refractivity (Wildman–Crippen MR) is 126 cm³/mol. The zero-order chi connectivity index (χ0) is 22.1. The Morgan fingerprint density at radius 3 is 2.69 bits per heavy atom. The number of fused-ring (bicyclic) bond motifs is 1. The number of thioether (sulfide) groups is 1. The lowest BCUT2D eigenvalue weighted by Crippen LogP contribution is -2.15. The summed E-state index contributed by atoms with van der Waals surface area (Å²) in [5, 5.41) is 10.3. The largest absolute Gasteiger partial charge is 0.419 e. The van der Waals surface area contributed by atoms with Crippen LogP contribution in [0.15, 0.2) is 81.4 Å². The molecule has 0 saturated heterocycles. The lowest BCUT2D eigenvalue weighted by Gasteiger charge is -2.11. The number of oxazole rings is 1. The van der Waals surface area contributed by atoms with Crippen molar-refractivity contribution in [2.24, 2.45) is 0 Å². The van der Waals surface area contributed by atoms with Crippen molar-refractivity contribution in [2.45, 2.75) is 11.7 Å². The summed E-state index contributed by atoms with van der Waals surface area (Å²) < 4.78 is 8.83. The van der Waals surface area contributed by atoms with Crippen molar-refractivity contribution >= 4 is 46.1 Å². The van der Waals surface area contributed by atoms with Gasteiger partial charge in [0.1, 0.15) is 0 Å². The number of pyridine rings is 1. The van der Waals surface area contributed by atoms with Crippen molar-refractivity contribution in [1.82, 2.24) is 24.3 Å². The van der Waals surface area contributed by atoms with Gasteiger partial charge in [0.05, 0.1) is 21.2 Å². The van der Waals surface area contributed by atoms with Crippen LogP contribution in [0.4, 0.5) is 0 Å². The van der Waals surface area contributed by atoms with Gasteiger partial charge in [-0.3, -0.25) is 14.1 Å². The Morgan fingerprint density at radius 2 is 1.88 bits per heavy atom. The van der Waals surface area contributed by atoms with Crippen LogP contribution in [0, 0.1) is 0 Å². The molecule has 0 fully saturated rings. The fraction of sp³-hybridized carbons (Fsp3) is 0.0909. The molecule has 7 nitrogen and oxygen atoms in total. The minimum Gasteiger partial charge on any atom is -0.408 e. The molecule has 0 atom stereocenters. The summed E-state index contributed by atoms with van der Waals surface area (Å²) in [6.07, 6.45) is 3.43. The van der Waals surface area contributed by atoms with E-state index in [2.05, 4.69) is 15.2 Å². The van der Waals surface area contributed by atoms with Crippen LogP contribution in [0.5, 0.6) is 0 Å². The number of hydrogen-bond acceptors (Lipinski definition) is 6. The van der Waals surface area contributed by atoms with E-state index in [1.165, 1.54) is 11.8 Å². The monoisotopic (exact) mass is 483 g/mol. The van der Waals surface area contributed by atoms with Gasteiger partial charge in [-0.25, -0.2) is 4.79 Å². The molecule has 0 N–H and O–H groups in total. The Balaban J connectivity index is 1.48. The molecule has 3 heterocycles. The highest BCUT2D eigenvalue weighted by Crippen LogP contribution is 2.31.